The van der Waals surface area contributed by atoms with E-state index in [1.54, 1.807) is 24.0 Å². The van der Waals surface area contributed by atoms with E-state index in [9.17, 15) is 18.0 Å². The minimum atomic E-state index is -4.55. The SMILES string of the molecule is CN1CCN(Cc2ccc(NC(=O)Nc3cc(-c4ccc5ccnc(N)c5c4)n(C)n3)cc2C(F)(F)F)CC1. The molecule has 0 spiro atoms. The van der Waals surface area contributed by atoms with E-state index in [4.69, 9.17) is 5.73 Å². The van der Waals surface area contributed by atoms with Gasteiger partial charge < -0.3 is 16.0 Å². The lowest BCUT2D eigenvalue weighted by molar-refractivity contribution is -0.138. The van der Waals surface area contributed by atoms with Crippen molar-refractivity contribution in [2.24, 2.45) is 7.05 Å². The molecule has 9 nitrogen and oxygen atoms in total. The van der Waals surface area contributed by atoms with Crippen molar-refractivity contribution in [3.63, 3.8) is 0 Å². The van der Waals surface area contributed by atoms with Crippen LogP contribution < -0.4 is 16.4 Å². The first-order valence-corrected chi connectivity index (χ1v) is 12.4. The molecule has 0 aliphatic carbocycles. The molecule has 204 valence electrons. The number of piperazine rings is 1. The Bertz CT molecular complexity index is 1510. The van der Waals surface area contributed by atoms with E-state index in [-0.39, 0.29) is 23.6 Å². The van der Waals surface area contributed by atoms with Gasteiger partial charge in [0, 0.05) is 68.7 Å². The van der Waals surface area contributed by atoms with Crippen LogP contribution in [0.4, 0.5) is 35.3 Å². The molecule has 3 heterocycles. The number of anilines is 3. The van der Waals surface area contributed by atoms with Gasteiger partial charge in [0.25, 0.3) is 0 Å². The summed E-state index contributed by atoms with van der Waals surface area (Å²) in [6.07, 6.45) is -2.91. The highest BCUT2D eigenvalue weighted by Gasteiger charge is 2.34. The Balaban J connectivity index is 1.30. The van der Waals surface area contributed by atoms with Gasteiger partial charge in [0.2, 0.25) is 0 Å². The van der Waals surface area contributed by atoms with Crippen molar-refractivity contribution in [3.05, 3.63) is 65.9 Å². The fourth-order valence-electron chi connectivity index (χ4n) is 4.73. The Morgan fingerprint density at radius 1 is 1.00 bits per heavy atom. The number of nitrogen functional groups attached to an aromatic ring is 1. The van der Waals surface area contributed by atoms with Gasteiger partial charge in [-0.1, -0.05) is 18.2 Å². The molecule has 2 amide bonds. The van der Waals surface area contributed by atoms with Crippen LogP contribution in [-0.2, 0) is 19.8 Å². The average Bonchev–Trinajstić information content (AvgIpc) is 3.25. The number of alkyl halides is 3. The maximum Gasteiger partial charge on any atom is 0.416 e. The summed E-state index contributed by atoms with van der Waals surface area (Å²) in [5.41, 5.74) is 7.00. The molecular weight excluding hydrogens is 509 g/mol. The second-order valence-corrected chi connectivity index (χ2v) is 9.70. The van der Waals surface area contributed by atoms with E-state index >= 15 is 0 Å². The third-order valence-corrected chi connectivity index (χ3v) is 6.88. The minimum Gasteiger partial charge on any atom is -0.383 e. The molecule has 5 rings (SSSR count). The monoisotopic (exact) mass is 538 g/mol. The number of benzene rings is 2. The summed E-state index contributed by atoms with van der Waals surface area (Å²) in [4.78, 5) is 20.9. The highest BCUT2D eigenvalue weighted by atomic mass is 19.4. The first-order valence-electron chi connectivity index (χ1n) is 12.4. The summed E-state index contributed by atoms with van der Waals surface area (Å²) in [7, 11) is 3.72. The summed E-state index contributed by atoms with van der Waals surface area (Å²) < 4.78 is 43.2. The van der Waals surface area contributed by atoms with Crippen molar-refractivity contribution < 1.29 is 18.0 Å². The zero-order valence-corrected chi connectivity index (χ0v) is 21.6. The molecule has 2 aromatic carbocycles. The molecule has 39 heavy (non-hydrogen) atoms. The number of carbonyl (C=O) groups is 1. The molecule has 0 saturated carbocycles. The predicted octanol–water partition coefficient (Wildman–Crippen LogP) is 4.63. The van der Waals surface area contributed by atoms with E-state index < -0.39 is 17.8 Å². The third kappa shape index (κ3) is 5.96. The second-order valence-electron chi connectivity index (χ2n) is 9.70. The first kappa shape index (κ1) is 26.4. The van der Waals surface area contributed by atoms with Crippen LogP contribution in [0.15, 0.2) is 54.7 Å². The predicted molar refractivity (Wildman–Crippen MR) is 145 cm³/mol. The summed E-state index contributed by atoms with van der Waals surface area (Å²) in [6.45, 7) is 3.21. The van der Waals surface area contributed by atoms with Gasteiger partial charge in [-0.2, -0.15) is 18.3 Å². The number of hydrogen-bond acceptors (Lipinski definition) is 6. The molecule has 0 atom stereocenters. The van der Waals surface area contributed by atoms with Gasteiger partial charge in [-0.3, -0.25) is 14.9 Å². The molecular formula is C27H29F3N8O. The van der Waals surface area contributed by atoms with Gasteiger partial charge in [0.1, 0.15) is 5.82 Å². The van der Waals surface area contributed by atoms with Gasteiger partial charge in [-0.05, 0) is 42.3 Å². The van der Waals surface area contributed by atoms with E-state index in [1.165, 1.54) is 12.1 Å². The number of rotatable bonds is 5. The van der Waals surface area contributed by atoms with Crippen LogP contribution in [0.1, 0.15) is 11.1 Å². The van der Waals surface area contributed by atoms with Crippen molar-refractivity contribution in [1.82, 2.24) is 24.6 Å². The zero-order chi connectivity index (χ0) is 27.7. The Hall–Kier alpha value is -4.16. The number of nitrogens with one attached hydrogen (secondary N) is 2. The zero-order valence-electron chi connectivity index (χ0n) is 21.6. The molecule has 0 radical (unpaired) electrons. The molecule has 1 aliphatic heterocycles. The lowest BCUT2D eigenvalue weighted by Crippen LogP contribution is -2.44. The molecule has 12 heteroatoms. The van der Waals surface area contributed by atoms with Gasteiger partial charge in [-0.25, -0.2) is 9.78 Å². The quantitative estimate of drug-likeness (QED) is 0.342. The number of fused-ring (bicyclic) bond motifs is 1. The van der Waals surface area contributed by atoms with Crippen LogP contribution in [0.3, 0.4) is 0 Å². The molecule has 4 N–H and O–H groups in total. The average molecular weight is 539 g/mol. The number of amides is 2. The second kappa shape index (κ2) is 10.5. The molecule has 0 bridgehead atoms. The van der Waals surface area contributed by atoms with E-state index in [2.05, 4.69) is 25.6 Å². The highest BCUT2D eigenvalue weighted by Crippen LogP contribution is 2.35. The lowest BCUT2D eigenvalue weighted by Gasteiger charge is -2.33. The Morgan fingerprint density at radius 3 is 2.51 bits per heavy atom. The van der Waals surface area contributed by atoms with Gasteiger partial charge in [-0.15, -0.1) is 0 Å². The number of urea groups is 1. The van der Waals surface area contributed by atoms with Crippen LogP contribution in [0.25, 0.3) is 22.0 Å². The fourth-order valence-corrected chi connectivity index (χ4v) is 4.73. The third-order valence-electron chi connectivity index (χ3n) is 6.88. The topological polar surface area (TPSA) is 104 Å². The van der Waals surface area contributed by atoms with Crippen molar-refractivity contribution in [3.8, 4) is 11.3 Å². The Kier molecular flexibility index (Phi) is 7.15. The van der Waals surface area contributed by atoms with E-state index in [0.717, 1.165) is 35.5 Å². The van der Waals surface area contributed by atoms with Crippen LogP contribution in [0.2, 0.25) is 0 Å². The van der Waals surface area contributed by atoms with Gasteiger partial charge >= 0.3 is 12.2 Å². The van der Waals surface area contributed by atoms with Crippen molar-refractivity contribution in [1.29, 1.82) is 0 Å². The summed E-state index contributed by atoms with van der Waals surface area (Å²) >= 11 is 0. The summed E-state index contributed by atoms with van der Waals surface area (Å²) in [5, 5.41) is 11.2. The number of hydrogen-bond donors (Lipinski definition) is 3. The molecule has 2 aromatic heterocycles. The highest BCUT2D eigenvalue weighted by molar-refractivity contribution is 6.00. The maximum atomic E-state index is 13.9. The summed E-state index contributed by atoms with van der Waals surface area (Å²) in [6, 6.07) is 12.4. The molecule has 0 unspecified atom stereocenters. The summed E-state index contributed by atoms with van der Waals surface area (Å²) in [5.74, 6) is 0.647. The van der Waals surface area contributed by atoms with Gasteiger partial charge in [0.15, 0.2) is 5.82 Å². The molecule has 4 aromatic rings. The normalized spacial score (nSPS) is 15.0. The molecule has 1 aliphatic rings. The van der Waals surface area contributed by atoms with E-state index in [1.807, 2.05) is 36.2 Å². The number of nitrogens with two attached hydrogens (primary N) is 1. The van der Waals surface area contributed by atoms with Crippen LogP contribution in [-0.4, -0.2) is 63.8 Å². The maximum absolute atomic E-state index is 13.9. The number of aryl methyl sites for hydroxylation is 1. The minimum absolute atomic E-state index is 0.0376. The number of likely N-dealkylation sites (N-methyl/N-ethyl adjacent to an activating group) is 1. The number of carbonyl (C=O) groups excluding carboxylic acids is 1. The molecule has 1 fully saturated rings. The standard InChI is InChI=1S/C27H29F3N8O/c1-36-9-11-38(12-10-36)16-19-5-6-20(14-22(19)27(28,29)30)33-26(39)34-24-15-23(37(2)35-24)18-4-3-17-7-8-32-25(31)21(17)13-18/h3-8,13-15H,9-12,16H2,1-2H3,(H2,31,32)(H2,33,34,35,39). The van der Waals surface area contributed by atoms with E-state index in [0.29, 0.717) is 24.6 Å². The van der Waals surface area contributed by atoms with Crippen LogP contribution in [0.5, 0.6) is 0 Å². The van der Waals surface area contributed by atoms with Crippen molar-refractivity contribution in [2.75, 3.05) is 49.6 Å². The largest absolute Gasteiger partial charge is 0.416 e. The van der Waals surface area contributed by atoms with Crippen molar-refractivity contribution >= 4 is 34.1 Å². The molecule has 1 saturated heterocycles. The number of nitrogens with zero attached hydrogens (tertiary/aromatic N) is 5. The number of pyridine rings is 1. The van der Waals surface area contributed by atoms with Crippen molar-refractivity contribution in [2.45, 2.75) is 12.7 Å². The lowest BCUT2D eigenvalue weighted by atomic mass is 10.0. The number of aromatic nitrogens is 3. The smallest absolute Gasteiger partial charge is 0.383 e. The van der Waals surface area contributed by atoms with Crippen LogP contribution >= 0.6 is 0 Å². The fraction of sp³-hybridized carbons (Fsp3) is 0.296. The number of halogens is 3. The Labute approximate surface area is 223 Å². The first-order chi connectivity index (χ1) is 18.6. The van der Waals surface area contributed by atoms with Gasteiger partial charge in [0.05, 0.1) is 11.3 Å². The Morgan fingerprint density at radius 2 is 1.77 bits per heavy atom. The van der Waals surface area contributed by atoms with Crippen LogP contribution in [0, 0.1) is 0 Å².